The predicted octanol–water partition coefficient (Wildman–Crippen LogP) is 1.92. The summed E-state index contributed by atoms with van der Waals surface area (Å²) in [5.41, 5.74) is 1.95. The van der Waals surface area contributed by atoms with Gasteiger partial charge < -0.3 is 4.74 Å². The van der Waals surface area contributed by atoms with Crippen LogP contribution in [0.25, 0.3) is 0 Å². The van der Waals surface area contributed by atoms with Crippen LogP contribution >= 0.6 is 0 Å². The number of hydrogen-bond donors (Lipinski definition) is 0. The summed E-state index contributed by atoms with van der Waals surface area (Å²) in [6.45, 7) is 1.69. The number of sulfonamides is 1. The van der Waals surface area contributed by atoms with E-state index in [1.165, 1.54) is 0 Å². The topological polar surface area (TPSA) is 64.4 Å². The van der Waals surface area contributed by atoms with Crippen LogP contribution in [0.2, 0.25) is 0 Å². The number of benzene rings is 1. The van der Waals surface area contributed by atoms with Crippen molar-refractivity contribution in [2.45, 2.75) is 30.1 Å². The van der Waals surface area contributed by atoms with Gasteiger partial charge in [0.25, 0.3) is 0 Å². The summed E-state index contributed by atoms with van der Waals surface area (Å²) in [5.74, 6) is 0.964. The number of hydrogen-bond acceptors (Lipinski definition) is 4. The van der Waals surface area contributed by atoms with Crippen LogP contribution in [-0.2, 0) is 23.5 Å². The van der Waals surface area contributed by atoms with Gasteiger partial charge in [0.05, 0.1) is 17.2 Å². The van der Waals surface area contributed by atoms with Crippen molar-refractivity contribution in [3.05, 3.63) is 41.7 Å². The molecule has 0 saturated carbocycles. The van der Waals surface area contributed by atoms with E-state index in [1.54, 1.807) is 27.2 Å². The molecule has 1 atom stereocenters. The molecule has 128 valence electrons. The highest BCUT2D eigenvalue weighted by atomic mass is 32.2. The number of ether oxygens (including phenoxy) is 1. The summed E-state index contributed by atoms with van der Waals surface area (Å²) >= 11 is 0. The van der Waals surface area contributed by atoms with Crippen LogP contribution in [-0.4, -0.2) is 42.2 Å². The molecular formula is C17H21N3O3S. The zero-order valence-electron chi connectivity index (χ0n) is 13.7. The highest BCUT2D eigenvalue weighted by Crippen LogP contribution is 2.32. The second-order valence-corrected chi connectivity index (χ2v) is 8.42. The Morgan fingerprint density at radius 3 is 2.96 bits per heavy atom. The molecule has 2 aromatic rings. The van der Waals surface area contributed by atoms with Gasteiger partial charge in [-0.25, -0.2) is 8.42 Å². The van der Waals surface area contributed by atoms with E-state index in [0.717, 1.165) is 36.3 Å². The fraction of sp³-hybridized carbons (Fsp3) is 0.471. The maximum Gasteiger partial charge on any atom is 0.243 e. The van der Waals surface area contributed by atoms with Gasteiger partial charge in [0, 0.05) is 38.7 Å². The first kappa shape index (κ1) is 15.7. The molecule has 0 N–H and O–H groups in total. The summed E-state index contributed by atoms with van der Waals surface area (Å²) in [6, 6.07) is 7.18. The van der Waals surface area contributed by atoms with E-state index in [9.17, 15) is 8.42 Å². The van der Waals surface area contributed by atoms with Crippen molar-refractivity contribution in [1.29, 1.82) is 0 Å². The van der Waals surface area contributed by atoms with Crippen LogP contribution in [0.3, 0.4) is 0 Å². The molecule has 0 aliphatic carbocycles. The zero-order chi connectivity index (χ0) is 16.7. The largest absolute Gasteiger partial charge is 0.493 e. The van der Waals surface area contributed by atoms with Crippen LogP contribution in [0.15, 0.2) is 35.4 Å². The Hall–Kier alpha value is -1.86. The van der Waals surface area contributed by atoms with Crippen LogP contribution in [0.1, 0.15) is 30.0 Å². The Morgan fingerprint density at radius 1 is 1.29 bits per heavy atom. The van der Waals surface area contributed by atoms with Gasteiger partial charge in [0.2, 0.25) is 10.0 Å². The lowest BCUT2D eigenvalue weighted by Gasteiger charge is -2.31. The predicted molar refractivity (Wildman–Crippen MR) is 89.6 cm³/mol. The monoisotopic (exact) mass is 347 g/mol. The SMILES string of the molecule is Cn1ccc(C2CCCN(S(=O)(=O)c3ccc4c(c3)CCO4)C2)n1. The number of aromatic nitrogens is 2. The lowest BCUT2D eigenvalue weighted by Crippen LogP contribution is -2.39. The Balaban J connectivity index is 1.59. The molecule has 3 heterocycles. The fourth-order valence-corrected chi connectivity index (χ4v) is 5.10. The third-order valence-electron chi connectivity index (χ3n) is 4.84. The molecule has 1 aromatic carbocycles. The van der Waals surface area contributed by atoms with Gasteiger partial charge in [-0.2, -0.15) is 9.40 Å². The van der Waals surface area contributed by atoms with Crippen molar-refractivity contribution in [1.82, 2.24) is 14.1 Å². The van der Waals surface area contributed by atoms with E-state index in [1.807, 2.05) is 19.3 Å². The van der Waals surface area contributed by atoms with E-state index in [0.29, 0.717) is 24.6 Å². The maximum absolute atomic E-state index is 13.0. The van der Waals surface area contributed by atoms with Gasteiger partial charge in [-0.1, -0.05) is 0 Å². The second-order valence-electron chi connectivity index (χ2n) is 6.48. The van der Waals surface area contributed by atoms with E-state index < -0.39 is 10.0 Å². The third-order valence-corrected chi connectivity index (χ3v) is 6.70. The first-order valence-corrected chi connectivity index (χ1v) is 9.73. The van der Waals surface area contributed by atoms with E-state index >= 15 is 0 Å². The molecule has 1 fully saturated rings. The highest BCUT2D eigenvalue weighted by Gasteiger charge is 2.32. The molecule has 1 unspecified atom stereocenters. The average molecular weight is 347 g/mol. The number of rotatable bonds is 3. The first-order chi connectivity index (χ1) is 11.5. The van der Waals surface area contributed by atoms with Crippen molar-refractivity contribution in [2.75, 3.05) is 19.7 Å². The molecule has 7 heteroatoms. The van der Waals surface area contributed by atoms with Crippen LogP contribution in [0.5, 0.6) is 5.75 Å². The smallest absolute Gasteiger partial charge is 0.243 e. The summed E-state index contributed by atoms with van der Waals surface area (Å²) in [4.78, 5) is 0.369. The molecule has 2 aliphatic rings. The van der Waals surface area contributed by atoms with Gasteiger partial charge in [-0.3, -0.25) is 4.68 Å². The minimum absolute atomic E-state index is 0.160. The zero-order valence-corrected chi connectivity index (χ0v) is 14.5. The molecular weight excluding hydrogens is 326 g/mol. The Morgan fingerprint density at radius 2 is 2.17 bits per heavy atom. The van der Waals surface area contributed by atoms with Crippen molar-refractivity contribution in [3.63, 3.8) is 0 Å². The molecule has 2 aliphatic heterocycles. The summed E-state index contributed by atoms with van der Waals surface area (Å²) in [7, 11) is -1.59. The van der Waals surface area contributed by atoms with Crippen molar-refractivity contribution >= 4 is 10.0 Å². The molecule has 0 bridgehead atoms. The molecule has 4 rings (SSSR count). The van der Waals surface area contributed by atoms with Crippen LogP contribution < -0.4 is 4.74 Å². The number of nitrogens with zero attached hydrogens (tertiary/aromatic N) is 3. The van der Waals surface area contributed by atoms with Gasteiger partial charge in [0.1, 0.15) is 5.75 Å². The Labute approximate surface area is 142 Å². The Kier molecular flexibility index (Phi) is 3.85. The first-order valence-electron chi connectivity index (χ1n) is 8.29. The summed E-state index contributed by atoms with van der Waals surface area (Å²) in [5, 5.41) is 4.45. The molecule has 6 nitrogen and oxygen atoms in total. The Bertz CT molecular complexity index is 860. The fourth-order valence-electron chi connectivity index (χ4n) is 3.53. The van der Waals surface area contributed by atoms with Gasteiger partial charge in [-0.15, -0.1) is 0 Å². The van der Waals surface area contributed by atoms with E-state index in [2.05, 4.69) is 5.10 Å². The maximum atomic E-state index is 13.0. The normalized spacial score (nSPS) is 21.5. The van der Waals surface area contributed by atoms with Crippen LogP contribution in [0.4, 0.5) is 0 Å². The number of fused-ring (bicyclic) bond motifs is 1. The number of aryl methyl sites for hydroxylation is 1. The van der Waals surface area contributed by atoms with Gasteiger partial charge in [0.15, 0.2) is 0 Å². The number of piperidine rings is 1. The van der Waals surface area contributed by atoms with Gasteiger partial charge in [-0.05, 0) is 42.7 Å². The molecule has 0 radical (unpaired) electrons. The quantitative estimate of drug-likeness (QED) is 0.851. The van der Waals surface area contributed by atoms with Crippen LogP contribution in [0, 0.1) is 0 Å². The average Bonchev–Trinajstić information content (AvgIpc) is 3.23. The lowest BCUT2D eigenvalue weighted by molar-refractivity contribution is 0.312. The van der Waals surface area contributed by atoms with Crippen molar-refractivity contribution in [3.8, 4) is 5.75 Å². The molecule has 1 saturated heterocycles. The van der Waals surface area contributed by atoms with Crippen molar-refractivity contribution < 1.29 is 13.2 Å². The molecule has 1 aromatic heterocycles. The van der Waals surface area contributed by atoms with E-state index in [-0.39, 0.29) is 5.92 Å². The highest BCUT2D eigenvalue weighted by molar-refractivity contribution is 7.89. The third kappa shape index (κ3) is 2.71. The molecule has 0 spiro atoms. The minimum Gasteiger partial charge on any atom is -0.493 e. The lowest BCUT2D eigenvalue weighted by atomic mass is 9.96. The standard InChI is InChI=1S/C17H21N3O3S/c1-19-9-6-16(18-19)14-3-2-8-20(12-14)24(21,22)15-4-5-17-13(11-15)7-10-23-17/h4-6,9,11,14H,2-3,7-8,10,12H2,1H3. The van der Waals surface area contributed by atoms with Gasteiger partial charge >= 0.3 is 0 Å². The summed E-state index contributed by atoms with van der Waals surface area (Å²) < 4.78 is 34.9. The second kappa shape index (κ2) is 5.89. The molecule has 24 heavy (non-hydrogen) atoms. The molecule has 0 amide bonds. The van der Waals surface area contributed by atoms with Crippen molar-refractivity contribution in [2.24, 2.45) is 7.05 Å². The van der Waals surface area contributed by atoms with E-state index in [4.69, 9.17) is 4.74 Å². The minimum atomic E-state index is -3.47. The summed E-state index contributed by atoms with van der Waals surface area (Å²) in [6.07, 6.45) is 4.51.